The first-order valence-corrected chi connectivity index (χ1v) is 9.54. The van der Waals surface area contributed by atoms with E-state index in [2.05, 4.69) is 15.9 Å². The highest BCUT2D eigenvalue weighted by atomic mass is 79.9. The van der Waals surface area contributed by atoms with Crippen molar-refractivity contribution in [2.45, 2.75) is 38.1 Å². The van der Waals surface area contributed by atoms with E-state index in [1.165, 1.54) is 32.1 Å². The molecule has 2 bridgehead atoms. The van der Waals surface area contributed by atoms with Gasteiger partial charge in [-0.1, -0.05) is 71.2 Å². The summed E-state index contributed by atoms with van der Waals surface area (Å²) in [6.45, 7) is 0. The third kappa shape index (κ3) is 4.14. The molecule has 0 radical (unpaired) electrons. The van der Waals surface area contributed by atoms with Crippen molar-refractivity contribution in [3.63, 3.8) is 0 Å². The van der Waals surface area contributed by atoms with Gasteiger partial charge in [0.1, 0.15) is 0 Å². The lowest BCUT2D eigenvalue weighted by Gasteiger charge is -2.40. The summed E-state index contributed by atoms with van der Waals surface area (Å²) in [6, 6.07) is 17.3. The summed E-state index contributed by atoms with van der Waals surface area (Å²) in [5.74, 6) is 1.95. The van der Waals surface area contributed by atoms with Gasteiger partial charge >= 0.3 is 0 Å². The van der Waals surface area contributed by atoms with Gasteiger partial charge in [0.05, 0.1) is 0 Å². The topological polar surface area (TPSA) is 43.1 Å². The molecule has 24 heavy (non-hydrogen) atoms. The van der Waals surface area contributed by atoms with Gasteiger partial charge in [0.25, 0.3) is 0 Å². The van der Waals surface area contributed by atoms with Crippen LogP contribution in [0.2, 0.25) is 0 Å². The van der Waals surface area contributed by atoms with Crippen molar-refractivity contribution in [2.24, 2.45) is 17.6 Å². The standard InChI is InChI=1S/C13H9BrO.C8H15N/c14-12-9-5-4-8-11(12)13(15)10-6-2-1-3-7-10;9-8-5-6-1-3-7(8)4-2-6/h1-9H;6-8H,1-5,9H2. The molecule has 3 fully saturated rings. The molecular formula is C21H24BrNO. The molecule has 0 saturated heterocycles. The molecule has 0 amide bonds. The molecule has 1 unspecified atom stereocenters. The van der Waals surface area contributed by atoms with Gasteiger partial charge in [-0.15, -0.1) is 0 Å². The molecule has 0 spiro atoms. The summed E-state index contributed by atoms with van der Waals surface area (Å²) >= 11 is 3.37. The number of carbonyl (C=O) groups is 1. The number of carbonyl (C=O) groups excluding carboxylic acids is 1. The third-order valence-electron chi connectivity index (χ3n) is 5.26. The maximum absolute atomic E-state index is 12.0. The highest BCUT2D eigenvalue weighted by Crippen LogP contribution is 2.40. The van der Waals surface area contributed by atoms with Crippen molar-refractivity contribution in [3.8, 4) is 0 Å². The van der Waals surface area contributed by atoms with Crippen LogP contribution < -0.4 is 5.73 Å². The smallest absolute Gasteiger partial charge is 0.194 e. The highest BCUT2D eigenvalue weighted by Gasteiger charge is 2.32. The SMILES string of the molecule is NC1CC2CCC1CC2.O=C(c1ccccc1)c1ccccc1Br. The molecule has 3 aliphatic rings. The second-order valence-electron chi connectivity index (χ2n) is 6.86. The highest BCUT2D eigenvalue weighted by molar-refractivity contribution is 9.10. The van der Waals surface area contributed by atoms with E-state index >= 15 is 0 Å². The molecule has 0 aliphatic heterocycles. The summed E-state index contributed by atoms with van der Waals surface area (Å²) in [5.41, 5.74) is 7.33. The van der Waals surface area contributed by atoms with Crippen molar-refractivity contribution in [1.82, 2.24) is 0 Å². The van der Waals surface area contributed by atoms with Gasteiger partial charge in [0, 0.05) is 21.6 Å². The number of fused-ring (bicyclic) bond motifs is 3. The van der Waals surface area contributed by atoms with Gasteiger partial charge in [-0.3, -0.25) is 4.79 Å². The van der Waals surface area contributed by atoms with Crippen molar-refractivity contribution in [1.29, 1.82) is 0 Å². The van der Waals surface area contributed by atoms with Gasteiger partial charge in [-0.25, -0.2) is 0 Å². The van der Waals surface area contributed by atoms with Crippen LogP contribution in [0.1, 0.15) is 48.0 Å². The maximum Gasteiger partial charge on any atom is 0.194 e. The Morgan fingerprint density at radius 3 is 2.04 bits per heavy atom. The summed E-state index contributed by atoms with van der Waals surface area (Å²) < 4.78 is 0.832. The van der Waals surface area contributed by atoms with Gasteiger partial charge in [0.2, 0.25) is 0 Å². The zero-order chi connectivity index (χ0) is 16.9. The first kappa shape index (κ1) is 17.4. The predicted octanol–water partition coefficient (Wildman–Crippen LogP) is 5.20. The fraction of sp³-hybridized carbons (Fsp3) is 0.381. The van der Waals surface area contributed by atoms with Crippen LogP contribution in [-0.2, 0) is 0 Å². The van der Waals surface area contributed by atoms with Crippen LogP contribution in [0.3, 0.4) is 0 Å². The van der Waals surface area contributed by atoms with Crippen molar-refractivity contribution in [2.75, 3.05) is 0 Å². The van der Waals surface area contributed by atoms with Crippen LogP contribution in [0.5, 0.6) is 0 Å². The molecular weight excluding hydrogens is 362 g/mol. The second kappa shape index (κ2) is 8.09. The Hall–Kier alpha value is -1.45. The molecule has 2 aromatic carbocycles. The lowest BCUT2D eigenvalue weighted by atomic mass is 9.68. The fourth-order valence-corrected chi connectivity index (χ4v) is 4.28. The molecule has 2 aromatic rings. The number of ketones is 1. The molecule has 3 aliphatic carbocycles. The average Bonchev–Trinajstić information content (AvgIpc) is 2.64. The molecule has 5 rings (SSSR count). The van der Waals surface area contributed by atoms with Crippen molar-refractivity contribution in [3.05, 3.63) is 70.2 Å². The zero-order valence-electron chi connectivity index (χ0n) is 13.8. The average molecular weight is 386 g/mol. The Kier molecular flexibility index (Phi) is 5.85. The Morgan fingerprint density at radius 1 is 0.917 bits per heavy atom. The van der Waals surface area contributed by atoms with E-state index in [9.17, 15) is 4.79 Å². The number of hydrogen-bond donors (Lipinski definition) is 1. The minimum Gasteiger partial charge on any atom is -0.327 e. The number of rotatable bonds is 2. The number of hydrogen-bond acceptors (Lipinski definition) is 2. The normalized spacial score (nSPS) is 24.8. The zero-order valence-corrected chi connectivity index (χ0v) is 15.4. The monoisotopic (exact) mass is 385 g/mol. The summed E-state index contributed by atoms with van der Waals surface area (Å²) in [5, 5.41) is 0. The van der Waals surface area contributed by atoms with E-state index in [0.29, 0.717) is 17.2 Å². The first-order chi connectivity index (χ1) is 11.6. The third-order valence-corrected chi connectivity index (χ3v) is 5.95. The molecule has 0 aromatic heterocycles. The molecule has 3 saturated carbocycles. The molecule has 2 N–H and O–H groups in total. The van der Waals surface area contributed by atoms with Gasteiger partial charge in [-0.05, 0) is 43.2 Å². The quantitative estimate of drug-likeness (QED) is 0.721. The van der Waals surface area contributed by atoms with Crippen LogP contribution in [-0.4, -0.2) is 11.8 Å². The summed E-state index contributed by atoms with van der Waals surface area (Å²) in [7, 11) is 0. The lowest BCUT2D eigenvalue weighted by Crippen LogP contribution is -2.40. The van der Waals surface area contributed by atoms with Crippen molar-refractivity contribution < 1.29 is 4.79 Å². The minimum atomic E-state index is 0.0445. The fourth-order valence-electron chi connectivity index (χ4n) is 3.82. The lowest BCUT2D eigenvalue weighted by molar-refractivity contribution is 0.103. The van der Waals surface area contributed by atoms with Gasteiger partial charge in [-0.2, -0.15) is 0 Å². The van der Waals surface area contributed by atoms with E-state index in [4.69, 9.17) is 5.73 Å². The van der Waals surface area contributed by atoms with Crippen LogP contribution in [0.15, 0.2) is 59.1 Å². The van der Waals surface area contributed by atoms with Crippen molar-refractivity contribution >= 4 is 21.7 Å². The Bertz CT molecular complexity index is 677. The number of nitrogens with two attached hydrogens (primary N) is 1. The first-order valence-electron chi connectivity index (χ1n) is 8.75. The minimum absolute atomic E-state index is 0.0445. The molecule has 1 atom stereocenters. The molecule has 3 heteroatoms. The van der Waals surface area contributed by atoms with E-state index in [-0.39, 0.29) is 5.78 Å². The number of halogens is 1. The van der Waals surface area contributed by atoms with Crippen LogP contribution in [0.25, 0.3) is 0 Å². The van der Waals surface area contributed by atoms with Crippen LogP contribution >= 0.6 is 15.9 Å². The van der Waals surface area contributed by atoms with E-state index < -0.39 is 0 Å². The summed E-state index contributed by atoms with van der Waals surface area (Å²) in [4.78, 5) is 12.0. The van der Waals surface area contributed by atoms with E-state index in [0.717, 1.165) is 16.3 Å². The Morgan fingerprint density at radius 2 is 1.54 bits per heavy atom. The van der Waals surface area contributed by atoms with E-state index in [1.807, 2.05) is 54.6 Å². The largest absolute Gasteiger partial charge is 0.327 e. The Labute approximate surface area is 152 Å². The van der Waals surface area contributed by atoms with E-state index in [1.54, 1.807) is 0 Å². The Balaban J connectivity index is 0.000000159. The van der Waals surface area contributed by atoms with Crippen LogP contribution in [0, 0.1) is 11.8 Å². The molecule has 2 nitrogen and oxygen atoms in total. The number of benzene rings is 2. The second-order valence-corrected chi connectivity index (χ2v) is 7.71. The van der Waals surface area contributed by atoms with Gasteiger partial charge in [0.15, 0.2) is 5.78 Å². The van der Waals surface area contributed by atoms with Crippen LogP contribution in [0.4, 0.5) is 0 Å². The molecule has 126 valence electrons. The van der Waals surface area contributed by atoms with Gasteiger partial charge < -0.3 is 5.73 Å². The predicted molar refractivity (Wildman–Crippen MR) is 102 cm³/mol. The molecule has 0 heterocycles. The summed E-state index contributed by atoms with van der Waals surface area (Å²) in [6.07, 6.45) is 7.11. The maximum atomic E-state index is 12.0.